The molecule has 270 valence electrons. The van der Waals surface area contributed by atoms with Gasteiger partial charge in [-0.3, -0.25) is 4.79 Å². The average Bonchev–Trinajstić information content (AvgIpc) is 3.88. The fraction of sp³-hybridized carbons (Fsp3) is 0.289. The molecule has 52 heavy (non-hydrogen) atoms. The number of ether oxygens (including phenoxy) is 3. The van der Waals surface area contributed by atoms with Gasteiger partial charge in [0.25, 0.3) is 0 Å². The quantitative estimate of drug-likeness (QED) is 0.0945. The van der Waals surface area contributed by atoms with E-state index in [0.29, 0.717) is 58.7 Å². The number of benzene rings is 4. The van der Waals surface area contributed by atoms with E-state index in [9.17, 15) is 22.4 Å². The number of halogens is 4. The van der Waals surface area contributed by atoms with Crippen molar-refractivity contribution in [2.45, 2.75) is 59.1 Å². The van der Waals surface area contributed by atoms with Crippen LogP contribution in [0.4, 0.5) is 17.6 Å². The van der Waals surface area contributed by atoms with Crippen LogP contribution < -0.4 is 20.1 Å². The van der Waals surface area contributed by atoms with Gasteiger partial charge in [0, 0.05) is 40.9 Å². The Kier molecular flexibility index (Phi) is 9.84. The SMILES string of the molecule is CNCc1cc2nc(-c3cccc(-c4cccc(-c5nc6cc(COC(=O)[C@@H]7CCCN7)c(OC(F)F)cc6o5)c4C)c3C)oc2cc1OC(F)F. The zero-order chi connectivity index (χ0) is 36.5. The predicted octanol–water partition coefficient (Wildman–Crippen LogP) is 8.30. The van der Waals surface area contributed by atoms with Gasteiger partial charge in [0.1, 0.15) is 35.2 Å². The van der Waals surface area contributed by atoms with Crippen molar-refractivity contribution >= 4 is 28.2 Å². The van der Waals surface area contributed by atoms with Crippen LogP contribution in [-0.4, -0.2) is 48.8 Å². The van der Waals surface area contributed by atoms with Gasteiger partial charge in [-0.1, -0.05) is 24.3 Å². The van der Waals surface area contributed by atoms with Crippen LogP contribution in [0.2, 0.25) is 0 Å². The molecule has 2 aromatic heterocycles. The summed E-state index contributed by atoms with van der Waals surface area (Å²) < 4.78 is 80.1. The van der Waals surface area contributed by atoms with Gasteiger partial charge in [0.15, 0.2) is 11.2 Å². The molecule has 0 amide bonds. The van der Waals surface area contributed by atoms with E-state index >= 15 is 0 Å². The van der Waals surface area contributed by atoms with Crippen LogP contribution in [0, 0.1) is 13.8 Å². The molecule has 0 bridgehead atoms. The van der Waals surface area contributed by atoms with E-state index in [2.05, 4.69) is 20.6 Å². The largest absolute Gasteiger partial charge is 0.460 e. The lowest BCUT2D eigenvalue weighted by Gasteiger charge is -2.14. The molecule has 1 aliphatic heterocycles. The van der Waals surface area contributed by atoms with Crippen LogP contribution in [0.5, 0.6) is 11.5 Å². The lowest BCUT2D eigenvalue weighted by molar-refractivity contribution is -0.147. The maximum Gasteiger partial charge on any atom is 0.387 e. The first-order valence-corrected chi connectivity index (χ1v) is 16.6. The van der Waals surface area contributed by atoms with E-state index < -0.39 is 25.2 Å². The first kappa shape index (κ1) is 35.0. The third-order valence-electron chi connectivity index (χ3n) is 9.07. The van der Waals surface area contributed by atoms with Crippen molar-refractivity contribution in [1.29, 1.82) is 0 Å². The molecule has 1 saturated heterocycles. The van der Waals surface area contributed by atoms with E-state index in [1.165, 1.54) is 18.2 Å². The van der Waals surface area contributed by atoms with Gasteiger partial charge in [-0.25, -0.2) is 9.97 Å². The summed E-state index contributed by atoms with van der Waals surface area (Å²) in [6.07, 6.45) is 1.49. The number of esters is 1. The Bertz CT molecular complexity index is 2260. The van der Waals surface area contributed by atoms with Crippen molar-refractivity contribution in [3.63, 3.8) is 0 Å². The molecule has 0 aliphatic carbocycles. The fourth-order valence-corrected chi connectivity index (χ4v) is 6.53. The lowest BCUT2D eigenvalue weighted by atomic mass is 9.91. The third-order valence-corrected chi connectivity index (χ3v) is 9.07. The average molecular weight is 719 g/mol. The maximum atomic E-state index is 13.4. The lowest BCUT2D eigenvalue weighted by Crippen LogP contribution is -2.32. The van der Waals surface area contributed by atoms with Crippen LogP contribution in [0.25, 0.3) is 56.2 Å². The van der Waals surface area contributed by atoms with E-state index in [-0.39, 0.29) is 35.1 Å². The van der Waals surface area contributed by atoms with Crippen molar-refractivity contribution in [3.8, 4) is 45.5 Å². The molecule has 7 rings (SSSR count). The number of alkyl halides is 4. The summed E-state index contributed by atoms with van der Waals surface area (Å²) in [5.41, 5.74) is 6.94. The maximum absolute atomic E-state index is 13.4. The molecule has 1 atom stereocenters. The molecule has 1 aliphatic rings. The predicted molar refractivity (Wildman–Crippen MR) is 184 cm³/mol. The first-order chi connectivity index (χ1) is 25.1. The Morgan fingerprint density at radius 2 is 1.35 bits per heavy atom. The summed E-state index contributed by atoms with van der Waals surface area (Å²) in [4.78, 5) is 21.8. The highest BCUT2D eigenvalue weighted by atomic mass is 19.3. The molecule has 4 aromatic carbocycles. The number of oxazole rings is 2. The van der Waals surface area contributed by atoms with Gasteiger partial charge in [0.2, 0.25) is 11.8 Å². The monoisotopic (exact) mass is 718 g/mol. The number of aromatic nitrogens is 2. The number of nitrogens with zero attached hydrogens (tertiary/aromatic N) is 2. The Balaban J connectivity index is 1.22. The number of fused-ring (bicyclic) bond motifs is 2. The Hall–Kier alpha value is -5.47. The minimum atomic E-state index is -3.11. The summed E-state index contributed by atoms with van der Waals surface area (Å²) in [6.45, 7) is -1.51. The van der Waals surface area contributed by atoms with Gasteiger partial charge in [-0.2, -0.15) is 17.6 Å². The zero-order valence-corrected chi connectivity index (χ0v) is 28.4. The highest BCUT2D eigenvalue weighted by molar-refractivity contribution is 5.85. The van der Waals surface area contributed by atoms with E-state index in [4.69, 9.17) is 23.0 Å². The number of rotatable bonds is 12. The van der Waals surface area contributed by atoms with Crippen LogP contribution in [-0.2, 0) is 22.7 Å². The Labute approximate surface area is 295 Å². The molecule has 10 nitrogen and oxygen atoms in total. The smallest absolute Gasteiger partial charge is 0.387 e. The van der Waals surface area contributed by atoms with Gasteiger partial charge in [0.05, 0.1) is 0 Å². The Morgan fingerprint density at radius 1 is 0.827 bits per heavy atom. The minimum Gasteiger partial charge on any atom is -0.460 e. The standard InChI is InChI=1S/C38H34F4N4O6/c1-19-23(7-4-9-25(19)34-45-28-13-21(17-43-3)30(51-37(39)40)15-32(28)49-34)24-8-5-10-26(20(24)2)35-46-29-14-22(18-48-36(47)27-11-6-12-44-27)31(52-38(41)42)16-33(29)50-35/h4-5,7-10,13-16,27,37-38,43-44H,6,11-12,17-18H2,1-3H3/t27-/m0/s1. The second kappa shape index (κ2) is 14.6. The van der Waals surface area contributed by atoms with Crippen LogP contribution >= 0.6 is 0 Å². The first-order valence-electron chi connectivity index (χ1n) is 16.6. The molecule has 1 fully saturated rings. The van der Waals surface area contributed by atoms with Crippen molar-refractivity contribution in [1.82, 2.24) is 20.6 Å². The normalized spacial score (nSPS) is 14.6. The molecule has 14 heteroatoms. The van der Waals surface area contributed by atoms with Crippen LogP contribution in [0.15, 0.2) is 69.5 Å². The van der Waals surface area contributed by atoms with Crippen molar-refractivity contribution in [2.75, 3.05) is 13.6 Å². The molecule has 0 spiro atoms. The number of hydrogen-bond donors (Lipinski definition) is 2. The summed E-state index contributed by atoms with van der Waals surface area (Å²) in [5.74, 6) is -0.0591. The highest BCUT2D eigenvalue weighted by Gasteiger charge is 2.25. The molecular weight excluding hydrogens is 684 g/mol. The number of carbonyl (C=O) groups excluding carboxylic acids is 1. The topological polar surface area (TPSA) is 121 Å². The number of hydrogen-bond acceptors (Lipinski definition) is 10. The highest BCUT2D eigenvalue weighted by Crippen LogP contribution is 2.39. The third kappa shape index (κ3) is 7.03. The van der Waals surface area contributed by atoms with Crippen LogP contribution in [0.1, 0.15) is 35.1 Å². The van der Waals surface area contributed by atoms with Crippen molar-refractivity contribution in [3.05, 3.63) is 82.9 Å². The number of carbonyl (C=O) groups is 1. The van der Waals surface area contributed by atoms with Gasteiger partial charge < -0.3 is 33.7 Å². The molecular formula is C38H34F4N4O6. The molecule has 2 N–H and O–H groups in total. The molecule has 0 saturated carbocycles. The zero-order valence-electron chi connectivity index (χ0n) is 28.4. The summed E-state index contributed by atoms with van der Waals surface area (Å²) in [6, 6.07) is 16.9. The van der Waals surface area contributed by atoms with Gasteiger partial charge in [-0.05, 0) is 86.8 Å². The molecule has 3 heterocycles. The fourth-order valence-electron chi connectivity index (χ4n) is 6.53. The molecule has 0 unspecified atom stereocenters. The van der Waals surface area contributed by atoms with Crippen molar-refractivity contribution < 1.29 is 45.4 Å². The summed E-state index contributed by atoms with van der Waals surface area (Å²) in [5, 5.41) is 6.00. The van der Waals surface area contributed by atoms with E-state index in [1.807, 2.05) is 50.2 Å². The minimum absolute atomic E-state index is 0.00552. The summed E-state index contributed by atoms with van der Waals surface area (Å²) >= 11 is 0. The second-order valence-corrected chi connectivity index (χ2v) is 12.4. The van der Waals surface area contributed by atoms with Gasteiger partial charge >= 0.3 is 19.2 Å². The molecule has 0 radical (unpaired) electrons. The molecule has 6 aromatic rings. The van der Waals surface area contributed by atoms with Crippen LogP contribution in [0.3, 0.4) is 0 Å². The van der Waals surface area contributed by atoms with Gasteiger partial charge in [-0.15, -0.1) is 0 Å². The van der Waals surface area contributed by atoms with E-state index in [1.54, 1.807) is 13.1 Å². The van der Waals surface area contributed by atoms with Crippen molar-refractivity contribution in [2.24, 2.45) is 0 Å². The van der Waals surface area contributed by atoms with E-state index in [0.717, 1.165) is 28.7 Å². The number of nitrogens with one attached hydrogen (secondary N) is 2. The Morgan fingerprint density at radius 3 is 1.85 bits per heavy atom. The second-order valence-electron chi connectivity index (χ2n) is 12.4. The summed E-state index contributed by atoms with van der Waals surface area (Å²) in [7, 11) is 1.70.